The van der Waals surface area contributed by atoms with E-state index in [0.29, 0.717) is 38.9 Å². The molecule has 0 bridgehead atoms. The van der Waals surface area contributed by atoms with Crippen LogP contribution in [0.4, 0.5) is 0 Å². The standard InChI is InChI=1S/C22H26N2O4S/c25-21(24-20-6-13-29(26,27)16-20)22(7-11-28-12-8-22)15-17-2-1-3-19(14-17)18-4-9-23-10-5-18/h1-5,9-10,14,20H,6-8,11-13,15-16H2,(H,24,25). The molecule has 154 valence electrons. The van der Waals surface area contributed by atoms with Gasteiger partial charge in [-0.15, -0.1) is 0 Å². The molecule has 7 heteroatoms. The van der Waals surface area contributed by atoms with Crippen molar-refractivity contribution >= 4 is 15.7 Å². The molecule has 2 aliphatic rings. The van der Waals surface area contributed by atoms with Crippen LogP contribution in [0.1, 0.15) is 24.8 Å². The summed E-state index contributed by atoms with van der Waals surface area (Å²) >= 11 is 0. The summed E-state index contributed by atoms with van der Waals surface area (Å²) in [6, 6.07) is 11.9. The number of aromatic nitrogens is 1. The van der Waals surface area contributed by atoms with Crippen LogP contribution in [-0.4, -0.2) is 50.1 Å². The van der Waals surface area contributed by atoms with E-state index in [-0.39, 0.29) is 23.5 Å². The smallest absolute Gasteiger partial charge is 0.226 e. The van der Waals surface area contributed by atoms with E-state index in [2.05, 4.69) is 28.5 Å². The number of benzene rings is 1. The van der Waals surface area contributed by atoms with E-state index in [1.54, 1.807) is 12.4 Å². The summed E-state index contributed by atoms with van der Waals surface area (Å²) in [7, 11) is -3.03. The molecule has 6 nitrogen and oxygen atoms in total. The number of nitrogens with zero attached hydrogens (tertiary/aromatic N) is 1. The van der Waals surface area contributed by atoms with Crippen LogP contribution in [0.3, 0.4) is 0 Å². The Morgan fingerprint density at radius 1 is 1.14 bits per heavy atom. The molecule has 0 spiro atoms. The van der Waals surface area contributed by atoms with E-state index in [1.165, 1.54) is 0 Å². The normalized spacial score (nSPS) is 22.8. The molecule has 1 N–H and O–H groups in total. The Morgan fingerprint density at radius 2 is 1.90 bits per heavy atom. The fourth-order valence-electron chi connectivity index (χ4n) is 4.29. The molecule has 1 aromatic carbocycles. The number of amides is 1. The molecule has 1 unspecified atom stereocenters. The third-order valence-corrected chi connectivity index (χ3v) is 7.75. The summed E-state index contributed by atoms with van der Waals surface area (Å²) in [5.41, 5.74) is 2.70. The summed E-state index contributed by atoms with van der Waals surface area (Å²) in [6.45, 7) is 1.08. The Labute approximate surface area is 171 Å². The summed E-state index contributed by atoms with van der Waals surface area (Å²) in [5, 5.41) is 3.03. The lowest BCUT2D eigenvalue weighted by molar-refractivity contribution is -0.137. The quantitative estimate of drug-likeness (QED) is 0.812. The molecule has 1 aromatic heterocycles. The summed E-state index contributed by atoms with van der Waals surface area (Å²) < 4.78 is 29.1. The molecular weight excluding hydrogens is 388 g/mol. The Bertz CT molecular complexity index is 969. The van der Waals surface area contributed by atoms with Gasteiger partial charge in [0.1, 0.15) is 0 Å². The highest BCUT2D eigenvalue weighted by molar-refractivity contribution is 7.91. The van der Waals surface area contributed by atoms with Crippen LogP contribution in [0, 0.1) is 5.41 Å². The van der Waals surface area contributed by atoms with Crippen molar-refractivity contribution in [3.05, 3.63) is 54.4 Å². The molecule has 0 saturated carbocycles. The van der Waals surface area contributed by atoms with Crippen LogP contribution in [0.5, 0.6) is 0 Å². The molecule has 2 saturated heterocycles. The maximum Gasteiger partial charge on any atom is 0.226 e. The van der Waals surface area contributed by atoms with Crippen LogP contribution in [0.15, 0.2) is 48.8 Å². The number of hydrogen-bond acceptors (Lipinski definition) is 5. The SMILES string of the molecule is O=C(NC1CCS(=O)(=O)C1)C1(Cc2cccc(-c3ccncc3)c2)CCOCC1. The highest BCUT2D eigenvalue weighted by Crippen LogP contribution is 2.36. The fourth-order valence-corrected chi connectivity index (χ4v) is 5.96. The molecule has 0 radical (unpaired) electrons. The zero-order valence-electron chi connectivity index (χ0n) is 16.3. The number of ether oxygens (including phenoxy) is 1. The zero-order valence-corrected chi connectivity index (χ0v) is 17.2. The molecule has 0 aliphatic carbocycles. The van der Waals surface area contributed by atoms with Gasteiger partial charge in [0.2, 0.25) is 5.91 Å². The van der Waals surface area contributed by atoms with E-state index in [9.17, 15) is 13.2 Å². The second kappa shape index (κ2) is 8.24. The Morgan fingerprint density at radius 3 is 2.59 bits per heavy atom. The third kappa shape index (κ3) is 4.67. The molecular formula is C22H26N2O4S. The summed E-state index contributed by atoms with van der Waals surface area (Å²) in [6.07, 6.45) is 5.92. The van der Waals surface area contributed by atoms with Gasteiger partial charge in [0, 0.05) is 31.6 Å². The van der Waals surface area contributed by atoms with Gasteiger partial charge in [-0.1, -0.05) is 24.3 Å². The zero-order chi connectivity index (χ0) is 20.3. The lowest BCUT2D eigenvalue weighted by atomic mass is 9.74. The van der Waals surface area contributed by atoms with Crippen LogP contribution in [0.25, 0.3) is 11.1 Å². The highest BCUT2D eigenvalue weighted by Gasteiger charge is 2.42. The number of sulfone groups is 1. The Kier molecular flexibility index (Phi) is 5.69. The van der Waals surface area contributed by atoms with E-state index in [1.807, 2.05) is 18.2 Å². The van der Waals surface area contributed by atoms with Gasteiger partial charge in [0.15, 0.2) is 9.84 Å². The van der Waals surface area contributed by atoms with Gasteiger partial charge in [0.05, 0.1) is 16.9 Å². The highest BCUT2D eigenvalue weighted by atomic mass is 32.2. The molecule has 2 aliphatic heterocycles. The number of nitrogens with one attached hydrogen (secondary N) is 1. The molecule has 3 heterocycles. The van der Waals surface area contributed by atoms with Crippen molar-refractivity contribution in [1.29, 1.82) is 0 Å². The molecule has 1 amide bonds. The lowest BCUT2D eigenvalue weighted by Crippen LogP contribution is -2.49. The average Bonchev–Trinajstić information content (AvgIpc) is 3.08. The van der Waals surface area contributed by atoms with Crippen LogP contribution < -0.4 is 5.32 Å². The maximum atomic E-state index is 13.3. The molecule has 2 fully saturated rings. The topological polar surface area (TPSA) is 85.4 Å². The first-order valence-corrected chi connectivity index (χ1v) is 11.9. The molecule has 1 atom stereocenters. The second-order valence-electron chi connectivity index (χ2n) is 8.08. The number of pyridine rings is 1. The van der Waals surface area contributed by atoms with Crippen molar-refractivity contribution in [2.45, 2.75) is 31.7 Å². The monoisotopic (exact) mass is 414 g/mol. The van der Waals surface area contributed by atoms with E-state index < -0.39 is 15.3 Å². The minimum atomic E-state index is -3.03. The largest absolute Gasteiger partial charge is 0.381 e. The number of carbonyl (C=O) groups excluding carboxylic acids is 1. The Balaban J connectivity index is 1.55. The predicted octanol–water partition coefficient (Wildman–Crippen LogP) is 2.39. The van der Waals surface area contributed by atoms with Gasteiger partial charge in [-0.3, -0.25) is 9.78 Å². The number of hydrogen-bond donors (Lipinski definition) is 1. The van der Waals surface area contributed by atoms with Gasteiger partial charge < -0.3 is 10.1 Å². The van der Waals surface area contributed by atoms with Gasteiger partial charge >= 0.3 is 0 Å². The molecule has 4 rings (SSSR count). The number of rotatable bonds is 5. The Hall–Kier alpha value is -2.25. The van der Waals surface area contributed by atoms with Crippen molar-refractivity contribution in [3.63, 3.8) is 0 Å². The summed E-state index contributed by atoms with van der Waals surface area (Å²) in [5.74, 6) is 0.155. The molecule has 29 heavy (non-hydrogen) atoms. The number of carbonyl (C=O) groups is 1. The van der Waals surface area contributed by atoms with E-state index in [4.69, 9.17) is 4.74 Å². The van der Waals surface area contributed by atoms with E-state index >= 15 is 0 Å². The average molecular weight is 415 g/mol. The van der Waals surface area contributed by atoms with Gasteiger partial charge in [-0.05, 0) is 54.5 Å². The first kappa shape index (κ1) is 20.0. The van der Waals surface area contributed by atoms with Gasteiger partial charge in [0.25, 0.3) is 0 Å². The third-order valence-electron chi connectivity index (χ3n) is 5.98. The first-order chi connectivity index (χ1) is 14.0. The van der Waals surface area contributed by atoms with Crippen molar-refractivity contribution in [2.24, 2.45) is 5.41 Å². The van der Waals surface area contributed by atoms with Crippen LogP contribution in [0.2, 0.25) is 0 Å². The van der Waals surface area contributed by atoms with Crippen LogP contribution >= 0.6 is 0 Å². The molecule has 2 aromatic rings. The van der Waals surface area contributed by atoms with E-state index in [0.717, 1.165) is 16.7 Å². The predicted molar refractivity (Wildman–Crippen MR) is 111 cm³/mol. The second-order valence-corrected chi connectivity index (χ2v) is 10.3. The summed E-state index contributed by atoms with van der Waals surface area (Å²) in [4.78, 5) is 17.3. The van der Waals surface area contributed by atoms with Crippen molar-refractivity contribution in [3.8, 4) is 11.1 Å². The minimum Gasteiger partial charge on any atom is -0.381 e. The van der Waals surface area contributed by atoms with Gasteiger partial charge in [-0.2, -0.15) is 0 Å². The van der Waals surface area contributed by atoms with Gasteiger partial charge in [-0.25, -0.2) is 8.42 Å². The first-order valence-electron chi connectivity index (χ1n) is 10.0. The van der Waals surface area contributed by atoms with Crippen molar-refractivity contribution in [2.75, 3.05) is 24.7 Å². The van der Waals surface area contributed by atoms with Crippen LogP contribution in [-0.2, 0) is 25.8 Å². The maximum absolute atomic E-state index is 13.3. The van der Waals surface area contributed by atoms with Crippen molar-refractivity contribution in [1.82, 2.24) is 10.3 Å². The van der Waals surface area contributed by atoms with Crippen molar-refractivity contribution < 1.29 is 17.9 Å². The fraction of sp³-hybridized carbons (Fsp3) is 0.455. The lowest BCUT2D eigenvalue weighted by Gasteiger charge is -2.36. The minimum absolute atomic E-state index is 0.0442.